The van der Waals surface area contributed by atoms with E-state index in [1.54, 1.807) is 0 Å². The normalized spacial score (nSPS) is 12.4. The van der Waals surface area contributed by atoms with Crippen LogP contribution in [-0.2, 0) is 28.6 Å². The number of ether oxygens (including phenoxy) is 3. The van der Waals surface area contributed by atoms with Gasteiger partial charge in [0.05, 0.1) is 0 Å². The largest absolute Gasteiger partial charge is 0.462 e. The van der Waals surface area contributed by atoms with Crippen molar-refractivity contribution in [1.29, 1.82) is 0 Å². The van der Waals surface area contributed by atoms with Crippen LogP contribution in [0.25, 0.3) is 0 Å². The van der Waals surface area contributed by atoms with Gasteiger partial charge in [0.1, 0.15) is 13.2 Å². The van der Waals surface area contributed by atoms with Crippen molar-refractivity contribution in [1.82, 2.24) is 0 Å². The zero-order valence-corrected chi connectivity index (χ0v) is 42.6. The molecule has 0 bridgehead atoms. The Balaban J connectivity index is 4.41. The van der Waals surface area contributed by atoms with Gasteiger partial charge in [0.15, 0.2) is 6.10 Å². The highest BCUT2D eigenvalue weighted by molar-refractivity contribution is 5.71. The molecule has 64 heavy (non-hydrogen) atoms. The van der Waals surface area contributed by atoms with Crippen molar-refractivity contribution in [3.63, 3.8) is 0 Å². The summed E-state index contributed by atoms with van der Waals surface area (Å²) in [7, 11) is 0. The van der Waals surface area contributed by atoms with Gasteiger partial charge in [-0.3, -0.25) is 14.4 Å². The van der Waals surface area contributed by atoms with Crippen LogP contribution in [0.5, 0.6) is 0 Å². The second-order valence-corrected chi connectivity index (χ2v) is 18.5. The van der Waals surface area contributed by atoms with Gasteiger partial charge >= 0.3 is 17.9 Å². The van der Waals surface area contributed by atoms with E-state index in [0.29, 0.717) is 19.3 Å². The molecule has 0 aliphatic heterocycles. The van der Waals surface area contributed by atoms with Crippen LogP contribution in [0.15, 0.2) is 48.6 Å². The maximum absolute atomic E-state index is 12.8. The number of hydrogen-bond donors (Lipinski definition) is 0. The lowest BCUT2D eigenvalue weighted by Crippen LogP contribution is -2.30. The zero-order chi connectivity index (χ0) is 46.5. The molecule has 0 aromatic rings. The summed E-state index contributed by atoms with van der Waals surface area (Å²) in [4.78, 5) is 38.1. The van der Waals surface area contributed by atoms with Gasteiger partial charge in [-0.2, -0.15) is 0 Å². The molecule has 1 atom stereocenters. The first-order valence-corrected chi connectivity index (χ1v) is 27.6. The number of allylic oxidation sites excluding steroid dienone is 8. The molecule has 372 valence electrons. The Kier molecular flexibility index (Phi) is 50.8. The third-order valence-corrected chi connectivity index (χ3v) is 12.0. The quantitative estimate of drug-likeness (QED) is 0.0262. The van der Waals surface area contributed by atoms with Crippen molar-refractivity contribution < 1.29 is 28.6 Å². The summed E-state index contributed by atoms with van der Waals surface area (Å²) in [6, 6.07) is 0. The van der Waals surface area contributed by atoms with Gasteiger partial charge in [-0.25, -0.2) is 0 Å². The maximum Gasteiger partial charge on any atom is 0.306 e. The van der Waals surface area contributed by atoms with E-state index in [4.69, 9.17) is 14.2 Å². The third kappa shape index (κ3) is 50.4. The van der Waals surface area contributed by atoms with Crippen molar-refractivity contribution in [2.24, 2.45) is 0 Å². The van der Waals surface area contributed by atoms with E-state index in [1.165, 1.54) is 148 Å². The number of hydrogen-bond acceptors (Lipinski definition) is 6. The highest BCUT2D eigenvalue weighted by Gasteiger charge is 2.19. The Morgan fingerprint density at radius 2 is 0.562 bits per heavy atom. The molecule has 0 aromatic heterocycles. The van der Waals surface area contributed by atoms with Crippen LogP contribution >= 0.6 is 0 Å². The predicted molar refractivity (Wildman–Crippen MR) is 275 cm³/mol. The first kappa shape index (κ1) is 61.4. The smallest absolute Gasteiger partial charge is 0.306 e. The Hall–Kier alpha value is -2.63. The van der Waals surface area contributed by atoms with E-state index < -0.39 is 6.10 Å². The molecule has 0 fully saturated rings. The van der Waals surface area contributed by atoms with Gasteiger partial charge in [-0.05, 0) is 103 Å². The average molecular weight is 897 g/mol. The van der Waals surface area contributed by atoms with Crippen LogP contribution in [0.2, 0.25) is 0 Å². The predicted octanol–water partition coefficient (Wildman–Crippen LogP) is 18.3. The van der Waals surface area contributed by atoms with Crippen molar-refractivity contribution in [2.45, 2.75) is 290 Å². The second-order valence-electron chi connectivity index (χ2n) is 18.5. The standard InChI is InChI=1S/C58H104O6/c1-4-7-10-13-16-19-22-25-28-31-33-36-39-42-45-48-51-57(60)63-54-55(64-58(61)52-49-46-43-40-37-34-30-27-24-21-18-15-12-9-6-3)53-62-56(59)50-47-44-41-38-35-32-29-26-23-20-17-14-11-8-5-2/h18,21,26-31,55H,4-17,19-20,22-25,32-54H2,1-3H3/b21-18-,29-26-,30-27-,31-28-. The van der Waals surface area contributed by atoms with Gasteiger partial charge in [0, 0.05) is 19.3 Å². The number of unbranched alkanes of at least 4 members (excludes halogenated alkanes) is 31. The minimum atomic E-state index is -0.786. The molecule has 0 N–H and O–H groups in total. The molecule has 0 spiro atoms. The van der Waals surface area contributed by atoms with Crippen LogP contribution in [0, 0.1) is 0 Å². The summed E-state index contributed by atoms with van der Waals surface area (Å²) in [6.45, 7) is 6.60. The summed E-state index contributed by atoms with van der Waals surface area (Å²) < 4.78 is 16.8. The fourth-order valence-electron chi connectivity index (χ4n) is 7.81. The fourth-order valence-corrected chi connectivity index (χ4v) is 7.81. The molecule has 6 heteroatoms. The van der Waals surface area contributed by atoms with E-state index in [9.17, 15) is 14.4 Å². The van der Waals surface area contributed by atoms with E-state index in [0.717, 1.165) is 96.3 Å². The molecule has 0 aliphatic carbocycles. The number of rotatable bonds is 50. The molecule has 0 rings (SSSR count). The summed E-state index contributed by atoms with van der Waals surface area (Å²) in [5.74, 6) is -0.905. The lowest BCUT2D eigenvalue weighted by atomic mass is 10.1. The SMILES string of the molecule is CCCCC/C=C\C/C=C\CCCCCCCC(=O)OC(COC(=O)CCCCCCC/C=C\CCCCCCCC)COC(=O)CCCCCCC/C=C\CCCCCCCCC. The van der Waals surface area contributed by atoms with Crippen LogP contribution in [0.4, 0.5) is 0 Å². The molecule has 0 aliphatic rings. The molecule has 0 aromatic carbocycles. The van der Waals surface area contributed by atoms with Crippen LogP contribution < -0.4 is 0 Å². The lowest BCUT2D eigenvalue weighted by Gasteiger charge is -2.18. The first-order valence-electron chi connectivity index (χ1n) is 27.6. The van der Waals surface area contributed by atoms with Gasteiger partial charge in [-0.15, -0.1) is 0 Å². The average Bonchev–Trinajstić information content (AvgIpc) is 3.29. The third-order valence-electron chi connectivity index (χ3n) is 12.0. The van der Waals surface area contributed by atoms with Crippen LogP contribution in [0.1, 0.15) is 284 Å². The molecule has 0 heterocycles. The Labute approximate surface area is 397 Å². The van der Waals surface area contributed by atoms with Crippen molar-refractivity contribution in [3.8, 4) is 0 Å². The van der Waals surface area contributed by atoms with Gasteiger partial charge in [0.2, 0.25) is 0 Å². The number of carbonyl (C=O) groups is 3. The maximum atomic E-state index is 12.8. The number of carbonyl (C=O) groups excluding carboxylic acids is 3. The second kappa shape index (κ2) is 53.0. The molecule has 6 nitrogen and oxygen atoms in total. The molecule has 0 saturated carbocycles. The van der Waals surface area contributed by atoms with E-state index in [2.05, 4.69) is 69.4 Å². The topological polar surface area (TPSA) is 78.9 Å². The molecule has 0 amide bonds. The Morgan fingerprint density at radius 1 is 0.312 bits per heavy atom. The summed E-state index contributed by atoms with van der Waals surface area (Å²) in [5.41, 5.74) is 0. The van der Waals surface area contributed by atoms with Crippen molar-refractivity contribution in [3.05, 3.63) is 48.6 Å². The highest BCUT2D eigenvalue weighted by Crippen LogP contribution is 2.14. The summed E-state index contributed by atoms with van der Waals surface area (Å²) in [6.07, 6.45) is 63.8. The van der Waals surface area contributed by atoms with Gasteiger partial charge < -0.3 is 14.2 Å². The Morgan fingerprint density at radius 3 is 0.906 bits per heavy atom. The monoisotopic (exact) mass is 897 g/mol. The number of esters is 3. The van der Waals surface area contributed by atoms with Crippen molar-refractivity contribution >= 4 is 17.9 Å². The van der Waals surface area contributed by atoms with E-state index >= 15 is 0 Å². The minimum Gasteiger partial charge on any atom is -0.462 e. The summed E-state index contributed by atoms with van der Waals surface area (Å²) in [5, 5.41) is 0. The first-order chi connectivity index (χ1) is 31.5. The van der Waals surface area contributed by atoms with Crippen molar-refractivity contribution in [2.75, 3.05) is 13.2 Å². The van der Waals surface area contributed by atoms with Gasteiger partial charge in [-0.1, -0.05) is 211 Å². The lowest BCUT2D eigenvalue weighted by molar-refractivity contribution is -0.167. The molecule has 0 radical (unpaired) electrons. The Bertz CT molecular complexity index is 1120. The van der Waals surface area contributed by atoms with E-state index in [1.807, 2.05) is 0 Å². The molecule has 0 saturated heterocycles. The minimum absolute atomic E-state index is 0.0847. The molecule has 1 unspecified atom stereocenters. The molecular formula is C58H104O6. The molecular weight excluding hydrogens is 793 g/mol. The fraction of sp³-hybridized carbons (Fsp3) is 0.810. The van der Waals surface area contributed by atoms with Gasteiger partial charge in [0.25, 0.3) is 0 Å². The summed E-state index contributed by atoms with van der Waals surface area (Å²) >= 11 is 0. The van der Waals surface area contributed by atoms with E-state index in [-0.39, 0.29) is 31.1 Å². The van der Waals surface area contributed by atoms with Crippen LogP contribution in [-0.4, -0.2) is 37.2 Å². The zero-order valence-electron chi connectivity index (χ0n) is 42.6. The van der Waals surface area contributed by atoms with Crippen LogP contribution in [0.3, 0.4) is 0 Å². The highest BCUT2D eigenvalue weighted by atomic mass is 16.6.